The summed E-state index contributed by atoms with van der Waals surface area (Å²) in [6, 6.07) is 20.4. The van der Waals surface area contributed by atoms with Gasteiger partial charge in [0.05, 0.1) is 0 Å². The Morgan fingerprint density at radius 2 is 1.83 bits per heavy atom. The number of hydrogen-bond acceptors (Lipinski definition) is 4. The predicted molar refractivity (Wildman–Crippen MR) is 109 cm³/mol. The van der Waals surface area contributed by atoms with Crippen LogP contribution in [0.2, 0.25) is 5.02 Å². The van der Waals surface area contributed by atoms with Gasteiger partial charge in [-0.25, -0.2) is 14.2 Å². The standard InChI is InChI=1S/C23H15ClFNO3/c24-20-7-2-1-4-17(20)14-28-19-10-8-15(9-11-19)12-21-23(27)29-22(26-21)16-5-3-6-18(25)13-16/h1-13H,14H2. The highest BCUT2D eigenvalue weighted by molar-refractivity contribution is 6.31. The highest BCUT2D eigenvalue weighted by atomic mass is 35.5. The Hall–Kier alpha value is -3.44. The molecule has 3 aromatic rings. The summed E-state index contributed by atoms with van der Waals surface area (Å²) in [5.41, 5.74) is 2.21. The van der Waals surface area contributed by atoms with Crippen molar-refractivity contribution >= 4 is 29.5 Å². The number of esters is 1. The zero-order valence-corrected chi connectivity index (χ0v) is 15.9. The monoisotopic (exact) mass is 407 g/mol. The minimum atomic E-state index is -0.580. The third-order valence-electron chi connectivity index (χ3n) is 4.23. The van der Waals surface area contributed by atoms with Crippen molar-refractivity contribution < 1.29 is 18.7 Å². The molecule has 1 aliphatic heterocycles. The first-order valence-corrected chi connectivity index (χ1v) is 9.21. The first kappa shape index (κ1) is 18.9. The molecule has 0 unspecified atom stereocenters. The molecule has 0 aromatic heterocycles. The first-order chi connectivity index (χ1) is 14.1. The molecule has 1 aliphatic rings. The van der Waals surface area contributed by atoms with Crippen molar-refractivity contribution in [2.45, 2.75) is 6.61 Å². The van der Waals surface area contributed by atoms with E-state index in [1.807, 2.05) is 24.3 Å². The molecule has 0 atom stereocenters. The number of carbonyl (C=O) groups excluding carboxylic acids is 1. The fourth-order valence-corrected chi connectivity index (χ4v) is 2.94. The van der Waals surface area contributed by atoms with E-state index in [1.165, 1.54) is 18.2 Å². The molecule has 144 valence electrons. The molecule has 0 radical (unpaired) electrons. The number of halogens is 2. The lowest BCUT2D eigenvalue weighted by atomic mass is 10.2. The normalized spacial score (nSPS) is 14.6. The fraction of sp³-hybridized carbons (Fsp3) is 0.0435. The van der Waals surface area contributed by atoms with Crippen LogP contribution in [-0.4, -0.2) is 11.9 Å². The van der Waals surface area contributed by atoms with Gasteiger partial charge in [0.15, 0.2) is 5.70 Å². The zero-order valence-electron chi connectivity index (χ0n) is 15.1. The number of benzene rings is 3. The molecule has 0 spiro atoms. The molecule has 3 aromatic carbocycles. The molecule has 29 heavy (non-hydrogen) atoms. The molecule has 0 bridgehead atoms. The van der Waals surface area contributed by atoms with Crippen molar-refractivity contribution in [3.8, 4) is 5.75 Å². The quantitative estimate of drug-likeness (QED) is 0.420. The molecule has 0 aliphatic carbocycles. The van der Waals surface area contributed by atoms with E-state index in [9.17, 15) is 9.18 Å². The minimum absolute atomic E-state index is 0.0837. The second-order valence-corrected chi connectivity index (χ2v) is 6.70. The maximum atomic E-state index is 13.4. The average Bonchev–Trinajstić information content (AvgIpc) is 3.09. The Morgan fingerprint density at radius 3 is 2.59 bits per heavy atom. The topological polar surface area (TPSA) is 47.9 Å². The van der Waals surface area contributed by atoms with Crippen LogP contribution in [0.1, 0.15) is 16.7 Å². The summed E-state index contributed by atoms with van der Waals surface area (Å²) in [7, 11) is 0. The molecule has 0 N–H and O–H groups in total. The van der Waals surface area contributed by atoms with Crippen molar-refractivity contribution in [2.24, 2.45) is 4.99 Å². The van der Waals surface area contributed by atoms with E-state index in [0.717, 1.165) is 11.1 Å². The maximum Gasteiger partial charge on any atom is 0.363 e. The molecule has 0 amide bonds. The highest BCUT2D eigenvalue weighted by Crippen LogP contribution is 2.22. The SMILES string of the molecule is O=C1OC(c2cccc(F)c2)=NC1=Cc1ccc(OCc2ccccc2Cl)cc1. The summed E-state index contributed by atoms with van der Waals surface area (Å²) < 4.78 is 24.3. The van der Waals surface area contributed by atoms with Gasteiger partial charge in [-0.2, -0.15) is 0 Å². The van der Waals surface area contributed by atoms with Gasteiger partial charge in [-0.3, -0.25) is 0 Å². The van der Waals surface area contributed by atoms with E-state index in [4.69, 9.17) is 21.1 Å². The highest BCUT2D eigenvalue weighted by Gasteiger charge is 2.24. The second kappa shape index (κ2) is 8.29. The summed E-state index contributed by atoms with van der Waals surface area (Å²) in [5, 5.41) is 0.653. The Balaban J connectivity index is 1.47. The second-order valence-electron chi connectivity index (χ2n) is 6.30. The number of ether oxygens (including phenoxy) is 2. The molecule has 4 nitrogen and oxygen atoms in total. The zero-order chi connectivity index (χ0) is 20.2. The van der Waals surface area contributed by atoms with Crippen LogP contribution in [0.4, 0.5) is 4.39 Å². The smallest absolute Gasteiger partial charge is 0.363 e. The number of nitrogens with zero attached hydrogens (tertiary/aromatic N) is 1. The number of carbonyl (C=O) groups is 1. The molecule has 6 heteroatoms. The molecular weight excluding hydrogens is 393 g/mol. The van der Waals surface area contributed by atoms with Crippen LogP contribution in [0.25, 0.3) is 6.08 Å². The number of hydrogen-bond donors (Lipinski definition) is 0. The van der Waals surface area contributed by atoms with Crippen molar-refractivity contribution in [1.82, 2.24) is 0 Å². The molecule has 0 saturated heterocycles. The van der Waals surface area contributed by atoms with Gasteiger partial charge in [0.1, 0.15) is 18.2 Å². The Morgan fingerprint density at radius 1 is 1.03 bits per heavy atom. The lowest BCUT2D eigenvalue weighted by Gasteiger charge is -2.07. The van der Waals surface area contributed by atoms with E-state index < -0.39 is 11.8 Å². The van der Waals surface area contributed by atoms with Crippen LogP contribution in [-0.2, 0) is 16.1 Å². The number of cyclic esters (lactones) is 1. The van der Waals surface area contributed by atoms with Gasteiger partial charge < -0.3 is 9.47 Å². The van der Waals surface area contributed by atoms with E-state index in [2.05, 4.69) is 4.99 Å². The lowest BCUT2D eigenvalue weighted by Crippen LogP contribution is -2.05. The maximum absolute atomic E-state index is 13.4. The molecule has 0 fully saturated rings. The Bertz CT molecular complexity index is 1120. The van der Waals surface area contributed by atoms with E-state index >= 15 is 0 Å². The van der Waals surface area contributed by atoms with Gasteiger partial charge in [-0.1, -0.05) is 48.0 Å². The van der Waals surface area contributed by atoms with Gasteiger partial charge in [0.2, 0.25) is 5.90 Å². The third kappa shape index (κ3) is 4.52. The third-order valence-corrected chi connectivity index (χ3v) is 4.60. The largest absolute Gasteiger partial charge is 0.489 e. The van der Waals surface area contributed by atoms with Crippen molar-refractivity contribution in [2.75, 3.05) is 0 Å². The summed E-state index contributed by atoms with van der Waals surface area (Å²) >= 11 is 6.12. The van der Waals surface area contributed by atoms with E-state index in [0.29, 0.717) is 22.9 Å². The summed E-state index contributed by atoms with van der Waals surface area (Å²) in [4.78, 5) is 16.2. The predicted octanol–water partition coefficient (Wildman–Crippen LogP) is 5.40. The van der Waals surface area contributed by atoms with Crippen molar-refractivity contribution in [1.29, 1.82) is 0 Å². The van der Waals surface area contributed by atoms with Crippen LogP contribution >= 0.6 is 11.6 Å². The molecule has 0 saturated carbocycles. The van der Waals surface area contributed by atoms with Gasteiger partial charge in [-0.05, 0) is 48.0 Å². The average molecular weight is 408 g/mol. The van der Waals surface area contributed by atoms with Gasteiger partial charge in [0, 0.05) is 16.1 Å². The number of aliphatic imine (C=N–C) groups is 1. The molecular formula is C23H15ClFNO3. The summed E-state index contributed by atoms with van der Waals surface area (Å²) in [6.45, 7) is 0.355. The van der Waals surface area contributed by atoms with Crippen molar-refractivity contribution in [3.63, 3.8) is 0 Å². The van der Waals surface area contributed by atoms with Gasteiger partial charge >= 0.3 is 5.97 Å². The minimum Gasteiger partial charge on any atom is -0.489 e. The fourth-order valence-electron chi connectivity index (χ4n) is 2.75. The number of rotatable bonds is 5. The lowest BCUT2D eigenvalue weighted by molar-refractivity contribution is -0.129. The van der Waals surface area contributed by atoms with E-state index in [1.54, 1.807) is 36.4 Å². The summed E-state index contributed by atoms with van der Waals surface area (Å²) in [5.74, 6) is -0.250. The van der Waals surface area contributed by atoms with Crippen molar-refractivity contribution in [3.05, 3.63) is 106 Å². The van der Waals surface area contributed by atoms with E-state index in [-0.39, 0.29) is 11.6 Å². The Kier molecular flexibility index (Phi) is 5.40. The van der Waals surface area contributed by atoms with Crippen LogP contribution in [0.3, 0.4) is 0 Å². The van der Waals surface area contributed by atoms with Crippen LogP contribution in [0, 0.1) is 5.82 Å². The van der Waals surface area contributed by atoms with Crippen LogP contribution in [0.5, 0.6) is 5.75 Å². The van der Waals surface area contributed by atoms with Gasteiger partial charge in [0.25, 0.3) is 0 Å². The van der Waals surface area contributed by atoms with Gasteiger partial charge in [-0.15, -0.1) is 0 Å². The molecule has 1 heterocycles. The Labute approximate surface area is 171 Å². The van der Waals surface area contributed by atoms with Crippen LogP contribution < -0.4 is 4.74 Å². The summed E-state index contributed by atoms with van der Waals surface area (Å²) in [6.07, 6.45) is 1.60. The first-order valence-electron chi connectivity index (χ1n) is 8.83. The van der Waals surface area contributed by atoms with Crippen LogP contribution in [0.15, 0.2) is 83.5 Å². The molecule has 4 rings (SSSR count).